The Bertz CT molecular complexity index is 545. The molecule has 0 radical (unpaired) electrons. The number of nitrogens with zero attached hydrogens (tertiary/aromatic N) is 1. The van der Waals surface area contributed by atoms with Gasteiger partial charge in [0.1, 0.15) is 0 Å². The molecule has 114 valence electrons. The van der Waals surface area contributed by atoms with E-state index in [4.69, 9.17) is 5.73 Å². The minimum atomic E-state index is 0.238. The second-order valence-electron chi connectivity index (χ2n) is 7.19. The molecule has 2 atom stereocenters. The van der Waals surface area contributed by atoms with E-state index in [1.54, 1.807) is 11.3 Å². The largest absolute Gasteiger partial charge is 0.337 e. The van der Waals surface area contributed by atoms with Crippen LogP contribution in [0.15, 0.2) is 12.1 Å². The Morgan fingerprint density at radius 3 is 2.86 bits per heavy atom. The van der Waals surface area contributed by atoms with Gasteiger partial charge in [0.2, 0.25) is 0 Å². The summed E-state index contributed by atoms with van der Waals surface area (Å²) in [5.41, 5.74) is 6.15. The highest BCUT2D eigenvalue weighted by atomic mass is 32.1. The highest BCUT2D eigenvalue weighted by Gasteiger charge is 2.59. The zero-order valence-corrected chi connectivity index (χ0v) is 13.3. The number of carbonyl (C=O) groups is 1. The number of carbonyl (C=O) groups excluding carboxylic acids is 1. The number of likely N-dealkylation sites (tertiary alicyclic amines) is 1. The van der Waals surface area contributed by atoms with E-state index >= 15 is 0 Å². The maximum atomic E-state index is 12.7. The standard InChI is InChI=1S/C17H24N2OS/c18-10-17-8-13(17)9-19(11-17)16(20)15-7-6-14(21-15)12-4-2-1-3-5-12/h6-7,12-13H,1-5,8-11,18H2/t13-,17-/m1/s1. The van der Waals surface area contributed by atoms with Crippen molar-refractivity contribution >= 4 is 17.2 Å². The number of thiophene rings is 1. The van der Waals surface area contributed by atoms with E-state index in [2.05, 4.69) is 12.1 Å². The molecule has 21 heavy (non-hydrogen) atoms. The summed E-state index contributed by atoms with van der Waals surface area (Å²) in [6.07, 6.45) is 7.90. The van der Waals surface area contributed by atoms with Gasteiger partial charge in [-0.25, -0.2) is 0 Å². The first-order valence-corrected chi connectivity index (χ1v) is 9.12. The minimum absolute atomic E-state index is 0.238. The predicted molar refractivity (Wildman–Crippen MR) is 85.6 cm³/mol. The summed E-state index contributed by atoms with van der Waals surface area (Å²) in [6, 6.07) is 4.25. The predicted octanol–water partition coefficient (Wildman–Crippen LogP) is 3.22. The van der Waals surface area contributed by atoms with Gasteiger partial charge < -0.3 is 10.6 Å². The Kier molecular flexibility index (Phi) is 3.34. The third-order valence-electron chi connectivity index (χ3n) is 5.84. The maximum Gasteiger partial charge on any atom is 0.263 e. The van der Waals surface area contributed by atoms with Crippen molar-refractivity contribution in [2.75, 3.05) is 19.6 Å². The number of rotatable bonds is 3. The van der Waals surface area contributed by atoms with Crippen LogP contribution < -0.4 is 5.73 Å². The van der Waals surface area contributed by atoms with E-state index in [1.165, 1.54) is 43.4 Å². The number of amides is 1. The molecule has 2 saturated carbocycles. The fraction of sp³-hybridized carbons (Fsp3) is 0.706. The molecule has 2 N–H and O–H groups in total. The number of hydrogen-bond acceptors (Lipinski definition) is 3. The molecule has 0 bridgehead atoms. The lowest BCUT2D eigenvalue weighted by Gasteiger charge is -2.21. The Morgan fingerprint density at radius 1 is 1.33 bits per heavy atom. The van der Waals surface area contributed by atoms with Crippen molar-refractivity contribution < 1.29 is 4.79 Å². The second kappa shape index (κ2) is 5.10. The molecule has 1 aromatic rings. The lowest BCUT2D eigenvalue weighted by Crippen LogP contribution is -2.33. The fourth-order valence-electron chi connectivity index (χ4n) is 4.29. The molecule has 1 aliphatic heterocycles. The first kappa shape index (κ1) is 13.8. The lowest BCUT2D eigenvalue weighted by atomic mass is 9.88. The smallest absolute Gasteiger partial charge is 0.263 e. The third-order valence-corrected chi connectivity index (χ3v) is 7.08. The Morgan fingerprint density at radius 2 is 2.14 bits per heavy atom. The Balaban J connectivity index is 1.45. The van der Waals surface area contributed by atoms with Crippen LogP contribution in [0.25, 0.3) is 0 Å². The average Bonchev–Trinajstić information content (AvgIpc) is 2.93. The molecular formula is C17H24N2OS. The SMILES string of the molecule is NC[C@@]12C[C@@H]1CN(C(=O)c1ccc(C3CCCCC3)s1)C2. The molecule has 4 rings (SSSR count). The van der Waals surface area contributed by atoms with Gasteiger partial charge in [-0.05, 0) is 49.8 Å². The third kappa shape index (κ3) is 2.33. The van der Waals surface area contributed by atoms with Crippen molar-refractivity contribution in [2.45, 2.75) is 44.4 Å². The summed E-state index contributed by atoms with van der Waals surface area (Å²) in [6.45, 7) is 2.54. The fourth-order valence-corrected chi connectivity index (χ4v) is 5.44. The van der Waals surface area contributed by atoms with Crippen LogP contribution in [0.5, 0.6) is 0 Å². The summed E-state index contributed by atoms with van der Waals surface area (Å²) in [5.74, 6) is 1.61. The van der Waals surface area contributed by atoms with Crippen molar-refractivity contribution in [3.63, 3.8) is 0 Å². The molecule has 2 aliphatic carbocycles. The van der Waals surface area contributed by atoms with Crippen LogP contribution in [0, 0.1) is 11.3 Å². The Hall–Kier alpha value is -0.870. The van der Waals surface area contributed by atoms with Gasteiger partial charge >= 0.3 is 0 Å². The molecule has 0 spiro atoms. The number of piperidine rings is 1. The van der Waals surface area contributed by atoms with E-state index in [1.807, 2.05) is 4.90 Å². The molecular weight excluding hydrogens is 280 g/mol. The zero-order chi connectivity index (χ0) is 14.4. The summed E-state index contributed by atoms with van der Waals surface area (Å²) in [5, 5.41) is 0. The van der Waals surface area contributed by atoms with Crippen LogP contribution in [0.4, 0.5) is 0 Å². The minimum Gasteiger partial charge on any atom is -0.337 e. The van der Waals surface area contributed by atoms with Gasteiger partial charge in [0.05, 0.1) is 4.88 Å². The number of nitrogens with two attached hydrogens (primary N) is 1. The number of hydrogen-bond donors (Lipinski definition) is 1. The molecule has 1 saturated heterocycles. The van der Waals surface area contributed by atoms with Crippen LogP contribution in [-0.2, 0) is 0 Å². The van der Waals surface area contributed by atoms with Crippen molar-refractivity contribution in [2.24, 2.45) is 17.1 Å². The van der Waals surface area contributed by atoms with E-state index < -0.39 is 0 Å². The van der Waals surface area contributed by atoms with Gasteiger partial charge in [-0.3, -0.25) is 4.79 Å². The topological polar surface area (TPSA) is 46.3 Å². The first-order chi connectivity index (χ1) is 10.2. The quantitative estimate of drug-likeness (QED) is 0.932. The van der Waals surface area contributed by atoms with E-state index in [9.17, 15) is 4.79 Å². The molecule has 1 aromatic heterocycles. The van der Waals surface area contributed by atoms with Crippen LogP contribution in [0.2, 0.25) is 0 Å². The van der Waals surface area contributed by atoms with Gasteiger partial charge in [0.15, 0.2) is 0 Å². The first-order valence-electron chi connectivity index (χ1n) is 8.31. The highest BCUT2D eigenvalue weighted by molar-refractivity contribution is 7.14. The van der Waals surface area contributed by atoms with Gasteiger partial charge in [-0.1, -0.05) is 19.3 Å². The molecule has 3 aliphatic rings. The maximum absolute atomic E-state index is 12.7. The molecule has 3 fully saturated rings. The zero-order valence-electron chi connectivity index (χ0n) is 12.5. The van der Waals surface area contributed by atoms with E-state index in [0.717, 1.165) is 24.5 Å². The molecule has 2 heterocycles. The highest BCUT2D eigenvalue weighted by Crippen LogP contribution is 2.57. The second-order valence-corrected chi connectivity index (χ2v) is 8.31. The van der Waals surface area contributed by atoms with Gasteiger partial charge in [0.25, 0.3) is 5.91 Å². The molecule has 3 nitrogen and oxygen atoms in total. The summed E-state index contributed by atoms with van der Waals surface area (Å²) < 4.78 is 0. The van der Waals surface area contributed by atoms with E-state index in [-0.39, 0.29) is 11.3 Å². The molecule has 4 heteroatoms. The normalized spacial score (nSPS) is 32.2. The average molecular weight is 304 g/mol. The van der Waals surface area contributed by atoms with Crippen molar-refractivity contribution in [3.05, 3.63) is 21.9 Å². The van der Waals surface area contributed by atoms with Crippen LogP contribution in [-0.4, -0.2) is 30.4 Å². The van der Waals surface area contributed by atoms with Gasteiger partial charge in [0, 0.05) is 23.4 Å². The van der Waals surface area contributed by atoms with Crippen LogP contribution >= 0.6 is 11.3 Å². The Labute approximate surface area is 130 Å². The van der Waals surface area contributed by atoms with Crippen molar-refractivity contribution in [1.82, 2.24) is 4.90 Å². The molecule has 1 amide bonds. The molecule has 0 aromatic carbocycles. The summed E-state index contributed by atoms with van der Waals surface area (Å²) in [4.78, 5) is 17.1. The van der Waals surface area contributed by atoms with Crippen LogP contribution in [0.3, 0.4) is 0 Å². The van der Waals surface area contributed by atoms with Crippen LogP contribution in [0.1, 0.15) is 59.0 Å². The molecule has 0 unspecified atom stereocenters. The summed E-state index contributed by atoms with van der Waals surface area (Å²) in [7, 11) is 0. The van der Waals surface area contributed by atoms with Gasteiger partial charge in [-0.2, -0.15) is 0 Å². The lowest BCUT2D eigenvalue weighted by molar-refractivity contribution is 0.0770. The summed E-state index contributed by atoms with van der Waals surface area (Å²) >= 11 is 1.73. The van der Waals surface area contributed by atoms with Gasteiger partial charge in [-0.15, -0.1) is 11.3 Å². The monoisotopic (exact) mass is 304 g/mol. The van der Waals surface area contributed by atoms with E-state index in [0.29, 0.717) is 11.8 Å². The van der Waals surface area contributed by atoms with Crippen molar-refractivity contribution in [3.8, 4) is 0 Å². The number of fused-ring (bicyclic) bond motifs is 1. The van der Waals surface area contributed by atoms with Crippen molar-refractivity contribution in [1.29, 1.82) is 0 Å².